The van der Waals surface area contributed by atoms with Crippen LogP contribution in [0.25, 0.3) is 0 Å². The maximum absolute atomic E-state index is 12.1. The summed E-state index contributed by atoms with van der Waals surface area (Å²) in [5.41, 5.74) is 2.52. The lowest BCUT2D eigenvalue weighted by molar-refractivity contribution is 0.0735. The summed E-state index contributed by atoms with van der Waals surface area (Å²) in [5, 5.41) is 9.92. The minimum Gasteiger partial charge on any atom is -0.423 e. The first-order chi connectivity index (χ1) is 13.3. The summed E-state index contributed by atoms with van der Waals surface area (Å²) in [6.45, 7) is 0.846. The van der Waals surface area contributed by atoms with E-state index < -0.39 is 0 Å². The summed E-state index contributed by atoms with van der Waals surface area (Å²) in [7, 11) is 0. The van der Waals surface area contributed by atoms with E-state index in [0.717, 1.165) is 30.2 Å². The van der Waals surface area contributed by atoms with Crippen LogP contribution in [0.3, 0.4) is 0 Å². The van der Waals surface area contributed by atoms with Crippen molar-refractivity contribution in [3.05, 3.63) is 90.5 Å². The molecule has 0 bridgehead atoms. The molecule has 1 heterocycles. The minimum atomic E-state index is -0.366. The first-order valence-electron chi connectivity index (χ1n) is 8.82. The summed E-state index contributed by atoms with van der Waals surface area (Å²) in [5.74, 6) is 1.05. The third kappa shape index (κ3) is 4.15. The van der Waals surface area contributed by atoms with Gasteiger partial charge in [0.05, 0.1) is 11.3 Å². The fourth-order valence-corrected chi connectivity index (χ4v) is 2.85. The van der Waals surface area contributed by atoms with Gasteiger partial charge in [0, 0.05) is 18.7 Å². The highest BCUT2D eigenvalue weighted by molar-refractivity contribution is 5.97. The van der Waals surface area contributed by atoms with Crippen LogP contribution in [0.4, 0.5) is 11.4 Å². The number of amidine groups is 1. The number of esters is 1. The van der Waals surface area contributed by atoms with Crippen LogP contribution in [0.5, 0.6) is 5.75 Å². The van der Waals surface area contributed by atoms with E-state index in [1.165, 1.54) is 0 Å². The maximum atomic E-state index is 12.1. The molecule has 5 nitrogen and oxygen atoms in total. The second-order valence-electron chi connectivity index (χ2n) is 6.16. The van der Waals surface area contributed by atoms with E-state index in [0.29, 0.717) is 11.3 Å². The van der Waals surface area contributed by atoms with E-state index in [1.807, 2.05) is 65.7 Å². The lowest BCUT2D eigenvalue weighted by Gasteiger charge is -2.12. The van der Waals surface area contributed by atoms with Gasteiger partial charge in [-0.15, -0.1) is 0 Å². The van der Waals surface area contributed by atoms with Crippen LogP contribution in [0, 0.1) is 0 Å². The molecule has 27 heavy (non-hydrogen) atoms. The number of hydrogen-bond donors (Lipinski definition) is 1. The quantitative estimate of drug-likeness (QED) is 0.550. The lowest BCUT2D eigenvalue weighted by atomic mass is 10.2. The van der Waals surface area contributed by atoms with E-state index in [4.69, 9.17) is 4.74 Å². The van der Waals surface area contributed by atoms with E-state index in [9.17, 15) is 4.79 Å². The smallest absolute Gasteiger partial charge is 0.343 e. The van der Waals surface area contributed by atoms with Gasteiger partial charge in [0.1, 0.15) is 11.6 Å². The van der Waals surface area contributed by atoms with Gasteiger partial charge in [0.15, 0.2) is 0 Å². The Morgan fingerprint density at radius 1 is 0.889 bits per heavy atom. The number of carbonyl (C=O) groups excluding carboxylic acids is 1. The van der Waals surface area contributed by atoms with Crippen LogP contribution in [-0.2, 0) is 0 Å². The molecular weight excluding hydrogens is 338 g/mol. The molecule has 0 spiro atoms. The Morgan fingerprint density at radius 2 is 1.56 bits per heavy atom. The Hall–Kier alpha value is -3.60. The van der Waals surface area contributed by atoms with Crippen LogP contribution in [0.15, 0.2) is 90.0 Å². The Balaban J connectivity index is 1.38. The fraction of sp³-hybridized carbons (Fsp3) is 0.0909. The molecule has 134 valence electrons. The fourth-order valence-electron chi connectivity index (χ4n) is 2.85. The molecule has 0 unspecified atom stereocenters. The summed E-state index contributed by atoms with van der Waals surface area (Å²) in [6.07, 6.45) is 0.847. The largest absolute Gasteiger partial charge is 0.423 e. The number of carbonyl (C=O) groups is 1. The van der Waals surface area contributed by atoms with Gasteiger partial charge >= 0.3 is 5.97 Å². The average Bonchev–Trinajstić information content (AvgIpc) is 3.19. The molecule has 0 saturated carbocycles. The van der Waals surface area contributed by atoms with Crippen LogP contribution in [0.2, 0.25) is 0 Å². The van der Waals surface area contributed by atoms with Gasteiger partial charge in [0.25, 0.3) is 0 Å². The van der Waals surface area contributed by atoms with Crippen molar-refractivity contribution < 1.29 is 9.53 Å². The highest BCUT2D eigenvalue weighted by Crippen LogP contribution is 2.21. The third-order valence-corrected chi connectivity index (χ3v) is 4.22. The molecule has 1 aliphatic rings. The van der Waals surface area contributed by atoms with Crippen LogP contribution in [-0.4, -0.2) is 18.3 Å². The van der Waals surface area contributed by atoms with Crippen molar-refractivity contribution in [3.8, 4) is 5.75 Å². The van der Waals surface area contributed by atoms with Crippen molar-refractivity contribution in [2.24, 2.45) is 5.10 Å². The van der Waals surface area contributed by atoms with Gasteiger partial charge in [0.2, 0.25) is 0 Å². The van der Waals surface area contributed by atoms with E-state index in [-0.39, 0.29) is 5.97 Å². The van der Waals surface area contributed by atoms with Crippen molar-refractivity contribution in [1.29, 1.82) is 0 Å². The molecule has 1 N–H and O–H groups in total. The molecule has 0 atom stereocenters. The number of rotatable bonds is 4. The summed E-state index contributed by atoms with van der Waals surface area (Å²) in [4.78, 5) is 12.1. The predicted molar refractivity (Wildman–Crippen MR) is 107 cm³/mol. The Morgan fingerprint density at radius 3 is 2.26 bits per heavy atom. The Kier molecular flexibility index (Phi) is 4.83. The van der Waals surface area contributed by atoms with Crippen LogP contribution >= 0.6 is 0 Å². The van der Waals surface area contributed by atoms with E-state index >= 15 is 0 Å². The number of anilines is 2. The zero-order chi connectivity index (χ0) is 18.5. The maximum Gasteiger partial charge on any atom is 0.343 e. The summed E-state index contributed by atoms with van der Waals surface area (Å²) < 4.78 is 5.40. The third-order valence-electron chi connectivity index (χ3n) is 4.22. The van der Waals surface area contributed by atoms with Gasteiger partial charge in [-0.3, -0.25) is 5.01 Å². The highest BCUT2D eigenvalue weighted by Gasteiger charge is 2.16. The highest BCUT2D eigenvalue weighted by atomic mass is 16.5. The van der Waals surface area contributed by atoms with Crippen molar-refractivity contribution in [3.63, 3.8) is 0 Å². The molecule has 3 aromatic rings. The Labute approximate surface area is 157 Å². The first kappa shape index (κ1) is 16.8. The molecular formula is C22H19N3O2. The molecule has 4 rings (SSSR count). The van der Waals surface area contributed by atoms with Gasteiger partial charge in [-0.05, 0) is 48.5 Å². The predicted octanol–water partition coefficient (Wildman–Crippen LogP) is 4.54. The summed E-state index contributed by atoms with van der Waals surface area (Å²) in [6, 6.07) is 26.3. The topological polar surface area (TPSA) is 53.9 Å². The number of nitrogens with zero attached hydrogens (tertiary/aromatic N) is 2. The van der Waals surface area contributed by atoms with Crippen LogP contribution < -0.4 is 15.1 Å². The van der Waals surface area contributed by atoms with Crippen molar-refractivity contribution in [1.82, 2.24) is 0 Å². The molecule has 0 saturated heterocycles. The number of para-hydroxylation sites is 1. The van der Waals surface area contributed by atoms with Gasteiger partial charge < -0.3 is 10.1 Å². The number of benzene rings is 3. The standard InChI is InChI=1S/C22H19N3O2/c26-22(17-7-3-1-4-8-17)27-20-13-11-18(12-14-20)23-21-15-16-25(24-21)19-9-5-2-6-10-19/h1-14H,15-16H2,(H,23,24). The zero-order valence-corrected chi connectivity index (χ0v) is 14.7. The molecule has 0 radical (unpaired) electrons. The zero-order valence-electron chi connectivity index (χ0n) is 14.7. The second kappa shape index (κ2) is 7.74. The Bertz CT molecular complexity index is 938. The van der Waals surface area contributed by atoms with E-state index in [2.05, 4.69) is 10.4 Å². The molecule has 0 aromatic heterocycles. The lowest BCUT2D eigenvalue weighted by Crippen LogP contribution is -2.11. The molecule has 0 amide bonds. The first-order valence-corrected chi connectivity index (χ1v) is 8.82. The van der Waals surface area contributed by atoms with E-state index in [1.54, 1.807) is 24.3 Å². The molecule has 0 aliphatic carbocycles. The molecule has 1 aliphatic heterocycles. The van der Waals surface area contributed by atoms with Gasteiger partial charge in [-0.2, -0.15) is 5.10 Å². The average molecular weight is 357 g/mol. The molecule has 3 aromatic carbocycles. The SMILES string of the molecule is O=C(Oc1ccc(NC2=NN(c3ccccc3)CC2)cc1)c1ccccc1. The van der Waals surface area contributed by atoms with Gasteiger partial charge in [-0.1, -0.05) is 36.4 Å². The molecule has 0 fully saturated rings. The number of hydrazone groups is 1. The monoisotopic (exact) mass is 357 g/mol. The number of nitrogens with one attached hydrogen (secondary N) is 1. The van der Waals surface area contributed by atoms with Gasteiger partial charge in [-0.25, -0.2) is 4.79 Å². The van der Waals surface area contributed by atoms with Crippen LogP contribution in [0.1, 0.15) is 16.8 Å². The number of ether oxygens (including phenoxy) is 1. The van der Waals surface area contributed by atoms with Crippen molar-refractivity contribution in [2.75, 3.05) is 16.9 Å². The second-order valence-corrected chi connectivity index (χ2v) is 6.16. The molecule has 5 heteroatoms. The van der Waals surface area contributed by atoms with Crippen molar-refractivity contribution >= 4 is 23.2 Å². The minimum absolute atomic E-state index is 0.366. The van der Waals surface area contributed by atoms with Crippen molar-refractivity contribution in [2.45, 2.75) is 6.42 Å². The summed E-state index contributed by atoms with van der Waals surface area (Å²) >= 11 is 0. The normalized spacial score (nSPS) is 13.2. The number of hydrogen-bond acceptors (Lipinski definition) is 5.